The molecule has 1 amide bonds. The molecule has 8 nitrogen and oxygen atoms in total. The van der Waals surface area contributed by atoms with E-state index in [4.69, 9.17) is 4.74 Å². The van der Waals surface area contributed by atoms with E-state index in [-0.39, 0.29) is 12.5 Å². The third-order valence-corrected chi connectivity index (χ3v) is 5.53. The molecule has 0 bridgehead atoms. The number of nitrogens with zero attached hydrogens (tertiary/aromatic N) is 5. The second kappa shape index (κ2) is 8.04. The monoisotopic (exact) mass is 397 g/mol. The normalized spacial score (nSPS) is 18.1. The lowest BCUT2D eigenvalue weighted by Gasteiger charge is -2.36. The van der Waals surface area contributed by atoms with Gasteiger partial charge in [0.2, 0.25) is 0 Å². The highest BCUT2D eigenvalue weighted by Gasteiger charge is 2.33. The molecular weight excluding hydrogens is 370 g/mol. The van der Waals surface area contributed by atoms with Crippen molar-refractivity contribution in [2.45, 2.75) is 38.7 Å². The van der Waals surface area contributed by atoms with Gasteiger partial charge in [0.25, 0.3) is 5.91 Å². The van der Waals surface area contributed by atoms with Crippen molar-refractivity contribution >= 4 is 23.2 Å². The number of ether oxygens (including phenoxy) is 1. The molecule has 0 unspecified atom stereocenters. The van der Waals surface area contributed by atoms with Gasteiger partial charge in [0, 0.05) is 32.2 Å². The maximum absolute atomic E-state index is 13.0. The van der Waals surface area contributed by atoms with Crippen LogP contribution in [-0.2, 0) is 15.1 Å². The van der Waals surface area contributed by atoms with Crippen LogP contribution in [0.3, 0.4) is 0 Å². The van der Waals surface area contributed by atoms with E-state index in [2.05, 4.69) is 15.0 Å². The number of fused-ring (bicyclic) bond motifs is 1. The van der Waals surface area contributed by atoms with Crippen LogP contribution >= 0.6 is 0 Å². The highest BCUT2D eigenvalue weighted by molar-refractivity contribution is 6.06. The van der Waals surface area contributed by atoms with Gasteiger partial charge in [0.05, 0.1) is 24.1 Å². The van der Waals surface area contributed by atoms with Crippen molar-refractivity contribution in [3.63, 3.8) is 0 Å². The predicted molar refractivity (Wildman–Crippen MR) is 109 cm³/mol. The Balaban J connectivity index is 1.57. The number of pyridine rings is 1. The van der Waals surface area contributed by atoms with Gasteiger partial charge in [-0.25, -0.2) is 9.97 Å². The maximum atomic E-state index is 13.0. The summed E-state index contributed by atoms with van der Waals surface area (Å²) < 4.78 is 5.44. The Bertz CT molecular complexity index is 859. The number of aliphatic hydroxyl groups is 1. The van der Waals surface area contributed by atoms with E-state index in [1.807, 2.05) is 4.90 Å². The van der Waals surface area contributed by atoms with Crippen LogP contribution in [0.1, 0.15) is 38.8 Å². The first-order chi connectivity index (χ1) is 13.9. The van der Waals surface area contributed by atoms with Crippen molar-refractivity contribution in [2.75, 3.05) is 36.1 Å². The highest BCUT2D eigenvalue weighted by atomic mass is 16.5. The third-order valence-electron chi connectivity index (χ3n) is 5.53. The molecule has 2 aliphatic heterocycles. The summed E-state index contributed by atoms with van der Waals surface area (Å²) in [5.74, 6) is 1.79. The molecule has 0 aromatic carbocycles. The summed E-state index contributed by atoms with van der Waals surface area (Å²) in [6.45, 7) is 6.02. The van der Waals surface area contributed by atoms with Crippen molar-refractivity contribution in [1.29, 1.82) is 0 Å². The number of hydrogen-bond donors (Lipinski definition) is 1. The van der Waals surface area contributed by atoms with E-state index < -0.39 is 5.60 Å². The Hall–Kier alpha value is -2.58. The minimum Gasteiger partial charge on any atom is -0.384 e. The third kappa shape index (κ3) is 4.23. The number of rotatable bonds is 5. The summed E-state index contributed by atoms with van der Waals surface area (Å²) in [5.41, 5.74) is 0.125. The smallest absolute Gasteiger partial charge is 0.252 e. The molecule has 8 heteroatoms. The molecule has 0 atom stereocenters. The molecule has 154 valence electrons. The van der Waals surface area contributed by atoms with Gasteiger partial charge in [-0.2, -0.15) is 0 Å². The lowest BCUT2D eigenvalue weighted by Crippen LogP contribution is -2.45. The van der Waals surface area contributed by atoms with Gasteiger partial charge in [-0.1, -0.05) is 0 Å². The van der Waals surface area contributed by atoms with E-state index in [1.54, 1.807) is 49.5 Å². The number of aromatic nitrogens is 3. The number of anilines is 3. The fourth-order valence-electron chi connectivity index (χ4n) is 3.84. The van der Waals surface area contributed by atoms with Crippen LogP contribution in [0.4, 0.5) is 17.3 Å². The minimum absolute atomic E-state index is 0.0669. The molecule has 4 rings (SSSR count). The van der Waals surface area contributed by atoms with Gasteiger partial charge >= 0.3 is 0 Å². The average Bonchev–Trinajstić information content (AvgIpc) is 2.72. The zero-order chi connectivity index (χ0) is 20.4. The van der Waals surface area contributed by atoms with Gasteiger partial charge < -0.3 is 14.7 Å². The zero-order valence-corrected chi connectivity index (χ0v) is 16.9. The van der Waals surface area contributed by atoms with E-state index in [1.165, 1.54) is 0 Å². The van der Waals surface area contributed by atoms with Crippen molar-refractivity contribution in [1.82, 2.24) is 15.0 Å². The average molecular weight is 397 g/mol. The molecule has 1 fully saturated rings. The summed E-state index contributed by atoms with van der Waals surface area (Å²) >= 11 is 0. The summed E-state index contributed by atoms with van der Waals surface area (Å²) in [7, 11) is 0. The van der Waals surface area contributed by atoms with Crippen LogP contribution in [0.25, 0.3) is 0 Å². The minimum atomic E-state index is -1.04. The quantitative estimate of drug-likeness (QED) is 0.828. The van der Waals surface area contributed by atoms with E-state index >= 15 is 0 Å². The maximum Gasteiger partial charge on any atom is 0.252 e. The molecule has 1 saturated heterocycles. The van der Waals surface area contributed by atoms with Crippen LogP contribution in [0.2, 0.25) is 0 Å². The number of hydrogen-bond acceptors (Lipinski definition) is 7. The summed E-state index contributed by atoms with van der Waals surface area (Å²) in [5, 5.41) is 10.1. The SMILES string of the molecule is CC(C)(O)c1ccc(N2C(=O)CN(CCC3CCOCC3)c3nccnc32)cn1. The van der Waals surface area contributed by atoms with Gasteiger partial charge in [-0.15, -0.1) is 0 Å². The lowest BCUT2D eigenvalue weighted by atomic mass is 9.96. The molecule has 29 heavy (non-hydrogen) atoms. The molecular formula is C21H27N5O3. The number of amides is 1. The second-order valence-electron chi connectivity index (χ2n) is 8.16. The molecule has 0 spiro atoms. The molecule has 2 aromatic heterocycles. The van der Waals surface area contributed by atoms with Gasteiger partial charge in [0.1, 0.15) is 5.60 Å². The fraction of sp³-hybridized carbons (Fsp3) is 0.524. The Morgan fingerprint density at radius 2 is 1.86 bits per heavy atom. The van der Waals surface area contributed by atoms with Crippen LogP contribution < -0.4 is 9.80 Å². The topological polar surface area (TPSA) is 91.7 Å². The zero-order valence-electron chi connectivity index (χ0n) is 16.9. The van der Waals surface area contributed by atoms with Crippen molar-refractivity contribution in [3.8, 4) is 0 Å². The lowest BCUT2D eigenvalue weighted by molar-refractivity contribution is -0.116. The van der Waals surface area contributed by atoms with Crippen LogP contribution in [0, 0.1) is 5.92 Å². The van der Waals surface area contributed by atoms with Gasteiger partial charge in [0.15, 0.2) is 11.6 Å². The molecule has 0 aliphatic carbocycles. The standard InChI is InChI=1S/C21H27N5O3/c1-21(2,28)17-4-3-16(13-24-17)26-18(27)14-25(19-20(26)23-9-8-22-19)10-5-15-6-11-29-12-7-15/h3-4,8-9,13,15,28H,5-7,10-12,14H2,1-2H3. The van der Waals surface area contributed by atoms with E-state index in [9.17, 15) is 9.90 Å². The highest BCUT2D eigenvalue weighted by Crippen LogP contribution is 2.35. The molecule has 0 radical (unpaired) electrons. The van der Waals surface area contributed by atoms with Crippen molar-refractivity contribution in [3.05, 3.63) is 36.4 Å². The molecule has 0 saturated carbocycles. The summed E-state index contributed by atoms with van der Waals surface area (Å²) in [6, 6.07) is 3.52. The van der Waals surface area contributed by atoms with E-state index in [0.29, 0.717) is 28.9 Å². The number of carbonyl (C=O) groups is 1. The van der Waals surface area contributed by atoms with Crippen molar-refractivity contribution in [2.24, 2.45) is 5.92 Å². The van der Waals surface area contributed by atoms with Crippen molar-refractivity contribution < 1.29 is 14.6 Å². The van der Waals surface area contributed by atoms with Gasteiger partial charge in [-0.3, -0.25) is 14.7 Å². The first-order valence-corrected chi connectivity index (χ1v) is 10.1. The Morgan fingerprint density at radius 1 is 1.14 bits per heavy atom. The predicted octanol–water partition coefficient (Wildman–Crippen LogP) is 2.40. The Morgan fingerprint density at radius 3 is 2.52 bits per heavy atom. The van der Waals surface area contributed by atoms with Crippen LogP contribution in [0.15, 0.2) is 30.7 Å². The fourth-order valence-corrected chi connectivity index (χ4v) is 3.84. The van der Waals surface area contributed by atoms with E-state index in [0.717, 1.165) is 39.0 Å². The largest absolute Gasteiger partial charge is 0.384 e. The van der Waals surface area contributed by atoms with Crippen LogP contribution in [-0.4, -0.2) is 52.3 Å². The Kier molecular flexibility index (Phi) is 5.47. The summed E-state index contributed by atoms with van der Waals surface area (Å²) in [4.78, 5) is 29.9. The molecule has 2 aromatic rings. The first kappa shape index (κ1) is 19.7. The summed E-state index contributed by atoms with van der Waals surface area (Å²) in [6.07, 6.45) is 8.00. The molecule has 2 aliphatic rings. The Labute approximate surface area is 170 Å². The second-order valence-corrected chi connectivity index (χ2v) is 8.16. The van der Waals surface area contributed by atoms with Crippen LogP contribution in [0.5, 0.6) is 0 Å². The van der Waals surface area contributed by atoms with Gasteiger partial charge in [-0.05, 0) is 51.2 Å². The first-order valence-electron chi connectivity index (χ1n) is 10.1. The number of carbonyl (C=O) groups excluding carboxylic acids is 1. The molecule has 1 N–H and O–H groups in total. The molecule has 4 heterocycles.